The van der Waals surface area contributed by atoms with Crippen LogP contribution in [-0.2, 0) is 4.79 Å². The van der Waals surface area contributed by atoms with Gasteiger partial charge >= 0.3 is 5.97 Å². The Balaban J connectivity index is 3.18. The highest BCUT2D eigenvalue weighted by Crippen LogP contribution is 2.22. The van der Waals surface area contributed by atoms with Crippen molar-refractivity contribution in [3.63, 3.8) is 0 Å². The number of halogens is 2. The third-order valence-corrected chi connectivity index (χ3v) is 2.20. The molecule has 0 aliphatic heterocycles. The van der Waals surface area contributed by atoms with Crippen LogP contribution in [0.25, 0.3) is 0 Å². The van der Waals surface area contributed by atoms with Gasteiger partial charge in [-0.15, -0.1) is 0 Å². The van der Waals surface area contributed by atoms with E-state index in [1.807, 2.05) is 5.32 Å². The van der Waals surface area contributed by atoms with E-state index in [2.05, 4.69) is 0 Å². The lowest BCUT2D eigenvalue weighted by molar-refractivity contribution is -0.385. The number of nitro benzene ring substituents is 1. The van der Waals surface area contributed by atoms with Gasteiger partial charge in [0.15, 0.2) is 11.6 Å². The van der Waals surface area contributed by atoms with Crippen molar-refractivity contribution in [2.45, 2.75) is 13.0 Å². The van der Waals surface area contributed by atoms with Crippen molar-refractivity contribution in [1.29, 1.82) is 0 Å². The molecule has 0 aromatic heterocycles. The van der Waals surface area contributed by atoms with E-state index in [1.54, 1.807) is 0 Å². The van der Waals surface area contributed by atoms with Crippen molar-refractivity contribution in [2.24, 2.45) is 0 Å². The maximum absolute atomic E-state index is 13.0. The molecule has 0 fully saturated rings. The molecule has 9 heteroatoms. The summed E-state index contributed by atoms with van der Waals surface area (Å²) in [6.07, 6.45) is 0. The van der Waals surface area contributed by atoms with Crippen LogP contribution in [0.15, 0.2) is 12.1 Å². The number of nitro groups is 1. The summed E-state index contributed by atoms with van der Waals surface area (Å²) in [6.45, 7) is 1.12. The first-order valence-electron chi connectivity index (χ1n) is 4.91. The van der Waals surface area contributed by atoms with E-state index in [0.29, 0.717) is 6.07 Å². The molecular weight excluding hydrogens is 266 g/mol. The summed E-state index contributed by atoms with van der Waals surface area (Å²) in [5.74, 6) is -5.48. The van der Waals surface area contributed by atoms with Crippen molar-refractivity contribution in [3.8, 4) is 0 Å². The molecule has 0 aliphatic carbocycles. The van der Waals surface area contributed by atoms with E-state index >= 15 is 0 Å². The Morgan fingerprint density at radius 3 is 2.37 bits per heavy atom. The summed E-state index contributed by atoms with van der Waals surface area (Å²) in [6, 6.07) is -0.729. The third kappa shape index (κ3) is 3.21. The minimum absolute atomic E-state index is 0.260. The minimum Gasteiger partial charge on any atom is -0.480 e. The first-order chi connectivity index (χ1) is 8.73. The smallest absolute Gasteiger partial charge is 0.325 e. The number of aliphatic carboxylic acids is 1. The third-order valence-electron chi connectivity index (χ3n) is 2.20. The van der Waals surface area contributed by atoms with Crippen LogP contribution in [0.2, 0.25) is 0 Å². The standard InChI is InChI=1S/C10H8F2N2O5/c1-4(10(16)17)13-9(15)5-2-6(11)7(12)3-8(5)14(18)19/h2-4H,1H3,(H,13,15)(H,16,17)/t4-/m1/s1. The Hall–Kier alpha value is -2.58. The summed E-state index contributed by atoms with van der Waals surface area (Å²) in [7, 11) is 0. The number of hydrogen-bond donors (Lipinski definition) is 2. The van der Waals surface area contributed by atoms with Crippen molar-refractivity contribution < 1.29 is 28.4 Å². The molecule has 0 saturated carbocycles. The molecule has 0 saturated heterocycles. The van der Waals surface area contributed by atoms with Gasteiger partial charge in [0.1, 0.15) is 11.6 Å². The Labute approximate surface area is 105 Å². The van der Waals surface area contributed by atoms with Gasteiger partial charge in [-0.3, -0.25) is 19.7 Å². The molecule has 102 valence electrons. The number of carboxylic acid groups (broad SMARTS) is 1. The van der Waals surface area contributed by atoms with Crippen molar-refractivity contribution in [2.75, 3.05) is 0 Å². The number of carbonyl (C=O) groups excluding carboxylic acids is 1. The van der Waals surface area contributed by atoms with E-state index < -0.39 is 45.7 Å². The summed E-state index contributed by atoms with van der Waals surface area (Å²) in [5.41, 5.74) is -1.70. The van der Waals surface area contributed by atoms with Crippen molar-refractivity contribution in [1.82, 2.24) is 5.32 Å². The van der Waals surface area contributed by atoms with Gasteiger partial charge in [-0.25, -0.2) is 8.78 Å². The summed E-state index contributed by atoms with van der Waals surface area (Å²) < 4.78 is 25.9. The summed E-state index contributed by atoms with van der Waals surface area (Å²) in [4.78, 5) is 31.7. The van der Waals surface area contributed by atoms with Crippen LogP contribution in [0, 0.1) is 21.7 Å². The predicted octanol–water partition coefficient (Wildman–Crippen LogP) is 1.08. The van der Waals surface area contributed by atoms with Gasteiger partial charge in [-0.05, 0) is 13.0 Å². The number of benzene rings is 1. The minimum atomic E-state index is -1.48. The van der Waals surface area contributed by atoms with E-state index in [0.717, 1.165) is 6.92 Å². The molecular formula is C10H8F2N2O5. The number of hydrogen-bond acceptors (Lipinski definition) is 4. The number of nitrogens with one attached hydrogen (secondary N) is 1. The number of nitrogens with zero attached hydrogens (tertiary/aromatic N) is 1. The second kappa shape index (κ2) is 5.38. The monoisotopic (exact) mass is 274 g/mol. The van der Waals surface area contributed by atoms with Crippen LogP contribution in [0.5, 0.6) is 0 Å². The lowest BCUT2D eigenvalue weighted by Gasteiger charge is -2.09. The first kappa shape index (κ1) is 14.5. The van der Waals surface area contributed by atoms with Crippen LogP contribution in [0.4, 0.5) is 14.5 Å². The Morgan fingerprint density at radius 1 is 1.37 bits per heavy atom. The highest BCUT2D eigenvalue weighted by molar-refractivity contribution is 5.99. The van der Waals surface area contributed by atoms with Crippen LogP contribution in [0.3, 0.4) is 0 Å². The molecule has 2 N–H and O–H groups in total. The quantitative estimate of drug-likeness (QED) is 0.630. The first-order valence-corrected chi connectivity index (χ1v) is 4.91. The molecule has 19 heavy (non-hydrogen) atoms. The topological polar surface area (TPSA) is 110 Å². The van der Waals surface area contributed by atoms with E-state index in [4.69, 9.17) is 5.11 Å². The molecule has 1 rings (SSSR count). The highest BCUT2D eigenvalue weighted by atomic mass is 19.2. The summed E-state index contributed by atoms with van der Waals surface area (Å²) >= 11 is 0. The lowest BCUT2D eigenvalue weighted by Crippen LogP contribution is -2.38. The van der Waals surface area contributed by atoms with Gasteiger partial charge in [0.05, 0.1) is 11.0 Å². The van der Waals surface area contributed by atoms with Crippen LogP contribution in [-0.4, -0.2) is 27.9 Å². The number of amides is 1. The highest BCUT2D eigenvalue weighted by Gasteiger charge is 2.25. The molecule has 0 bridgehead atoms. The van der Waals surface area contributed by atoms with Gasteiger partial charge < -0.3 is 10.4 Å². The van der Waals surface area contributed by atoms with Crippen LogP contribution in [0.1, 0.15) is 17.3 Å². The SMILES string of the molecule is C[C@@H](NC(=O)c1cc(F)c(F)cc1[N+](=O)[O-])C(=O)O. The molecule has 7 nitrogen and oxygen atoms in total. The number of carboxylic acids is 1. The number of carbonyl (C=O) groups is 2. The summed E-state index contributed by atoms with van der Waals surface area (Å²) in [5, 5.41) is 21.1. The van der Waals surface area contributed by atoms with Crippen LogP contribution >= 0.6 is 0 Å². The average molecular weight is 274 g/mol. The normalized spacial score (nSPS) is 11.7. The van der Waals surface area contributed by atoms with E-state index in [1.165, 1.54) is 0 Å². The fourth-order valence-corrected chi connectivity index (χ4v) is 1.21. The van der Waals surface area contributed by atoms with Gasteiger partial charge in [0.2, 0.25) is 0 Å². The lowest BCUT2D eigenvalue weighted by atomic mass is 10.1. The zero-order valence-electron chi connectivity index (χ0n) is 9.52. The molecule has 0 heterocycles. The van der Waals surface area contributed by atoms with Crippen LogP contribution < -0.4 is 5.32 Å². The Bertz CT molecular complexity index is 561. The maximum Gasteiger partial charge on any atom is 0.325 e. The molecule has 0 radical (unpaired) electrons. The van der Waals surface area contributed by atoms with E-state index in [-0.39, 0.29) is 6.07 Å². The Kier molecular flexibility index (Phi) is 4.10. The Morgan fingerprint density at radius 2 is 1.89 bits per heavy atom. The van der Waals surface area contributed by atoms with Gasteiger partial charge in [0.25, 0.3) is 11.6 Å². The molecule has 0 unspecified atom stereocenters. The molecule has 1 atom stereocenters. The molecule has 1 aromatic carbocycles. The fraction of sp³-hybridized carbons (Fsp3) is 0.200. The van der Waals surface area contributed by atoms with Gasteiger partial charge in [-0.1, -0.05) is 0 Å². The predicted molar refractivity (Wildman–Crippen MR) is 57.6 cm³/mol. The zero-order valence-corrected chi connectivity index (χ0v) is 9.52. The van der Waals surface area contributed by atoms with Crippen molar-refractivity contribution in [3.05, 3.63) is 39.4 Å². The molecule has 1 aromatic rings. The molecule has 0 aliphatic rings. The maximum atomic E-state index is 13.0. The molecule has 0 spiro atoms. The van der Waals surface area contributed by atoms with Gasteiger partial charge in [-0.2, -0.15) is 0 Å². The largest absolute Gasteiger partial charge is 0.480 e. The van der Waals surface area contributed by atoms with Gasteiger partial charge in [0, 0.05) is 0 Å². The van der Waals surface area contributed by atoms with E-state index in [9.17, 15) is 28.5 Å². The zero-order chi connectivity index (χ0) is 14.7. The second-order valence-corrected chi connectivity index (χ2v) is 3.57. The average Bonchev–Trinajstić information content (AvgIpc) is 2.31. The van der Waals surface area contributed by atoms with Crippen molar-refractivity contribution >= 4 is 17.6 Å². The fourth-order valence-electron chi connectivity index (χ4n) is 1.21. The molecule has 1 amide bonds. The number of rotatable bonds is 4. The second-order valence-electron chi connectivity index (χ2n) is 3.57.